The molecule has 4 nitrogen and oxygen atoms in total. The van der Waals surface area contributed by atoms with Gasteiger partial charge in [-0.2, -0.15) is 18.4 Å². The van der Waals surface area contributed by atoms with Crippen molar-refractivity contribution >= 4 is 29.3 Å². The largest absolute Gasteiger partial charge is 0.496 e. The van der Waals surface area contributed by atoms with Gasteiger partial charge in [0.15, 0.2) is 0 Å². The summed E-state index contributed by atoms with van der Waals surface area (Å²) in [5.74, 6) is -0.282. The third-order valence-electron chi connectivity index (χ3n) is 4.77. The molecule has 0 aromatic heterocycles. The van der Waals surface area contributed by atoms with E-state index in [9.17, 15) is 23.2 Å². The van der Waals surface area contributed by atoms with Crippen LogP contribution in [0.1, 0.15) is 22.3 Å². The van der Waals surface area contributed by atoms with Crippen molar-refractivity contribution in [3.8, 4) is 11.8 Å². The van der Waals surface area contributed by atoms with E-state index < -0.39 is 17.6 Å². The van der Waals surface area contributed by atoms with Crippen LogP contribution < -0.4 is 10.1 Å². The Labute approximate surface area is 193 Å². The fourth-order valence-electron chi connectivity index (χ4n) is 3.13. The molecule has 0 saturated heterocycles. The topological polar surface area (TPSA) is 62.1 Å². The van der Waals surface area contributed by atoms with E-state index in [0.717, 1.165) is 23.3 Å². The first-order chi connectivity index (χ1) is 15.7. The maximum absolute atomic E-state index is 12.9. The number of carbonyl (C=O) groups excluding carboxylic acids is 1. The zero-order chi connectivity index (χ0) is 24.0. The lowest BCUT2D eigenvalue weighted by Crippen LogP contribution is -2.14. The minimum Gasteiger partial charge on any atom is -0.496 e. The molecule has 0 heterocycles. The number of hydrogen-bond donors (Lipinski definition) is 1. The van der Waals surface area contributed by atoms with Gasteiger partial charge in [-0.05, 0) is 53.1 Å². The molecule has 8 heteroatoms. The summed E-state index contributed by atoms with van der Waals surface area (Å²) < 4.78 is 44.1. The third-order valence-corrected chi connectivity index (χ3v) is 5.14. The van der Waals surface area contributed by atoms with E-state index in [0.29, 0.717) is 22.8 Å². The van der Waals surface area contributed by atoms with E-state index in [2.05, 4.69) is 5.32 Å². The lowest BCUT2D eigenvalue weighted by atomic mass is 10.0. The summed E-state index contributed by atoms with van der Waals surface area (Å²) in [4.78, 5) is 12.5. The van der Waals surface area contributed by atoms with Crippen molar-refractivity contribution in [3.05, 3.63) is 99.6 Å². The molecule has 0 bridgehead atoms. The normalized spacial score (nSPS) is 11.6. The van der Waals surface area contributed by atoms with Gasteiger partial charge in [0.05, 0.1) is 12.7 Å². The van der Waals surface area contributed by atoms with Gasteiger partial charge in [-0.15, -0.1) is 0 Å². The maximum Gasteiger partial charge on any atom is 0.416 e. The average Bonchev–Trinajstić information content (AvgIpc) is 2.79. The molecule has 1 N–H and O–H groups in total. The zero-order valence-electron chi connectivity index (χ0n) is 17.4. The number of halogens is 4. The van der Waals surface area contributed by atoms with E-state index in [1.54, 1.807) is 30.3 Å². The van der Waals surface area contributed by atoms with Crippen LogP contribution in [0.2, 0.25) is 5.02 Å². The van der Waals surface area contributed by atoms with Gasteiger partial charge in [-0.1, -0.05) is 48.0 Å². The van der Waals surface area contributed by atoms with Gasteiger partial charge in [-0.3, -0.25) is 4.79 Å². The molecular weight excluding hydrogens is 453 g/mol. The maximum atomic E-state index is 12.9. The molecule has 33 heavy (non-hydrogen) atoms. The Hall–Kier alpha value is -3.76. The smallest absolute Gasteiger partial charge is 0.416 e. The third kappa shape index (κ3) is 6.15. The monoisotopic (exact) mass is 470 g/mol. The number of amides is 1. The summed E-state index contributed by atoms with van der Waals surface area (Å²) in [6, 6.07) is 18.6. The summed E-state index contributed by atoms with van der Waals surface area (Å²) >= 11 is 6.23. The first kappa shape index (κ1) is 23.9. The number of nitrogens with zero attached hydrogens (tertiary/aromatic N) is 1. The molecule has 0 spiro atoms. The van der Waals surface area contributed by atoms with E-state index >= 15 is 0 Å². The zero-order valence-corrected chi connectivity index (χ0v) is 18.2. The number of benzene rings is 3. The van der Waals surface area contributed by atoms with E-state index in [1.165, 1.54) is 25.3 Å². The summed E-state index contributed by atoms with van der Waals surface area (Å²) in [6.07, 6.45) is -2.68. The van der Waals surface area contributed by atoms with Crippen LogP contribution in [-0.2, 0) is 17.4 Å². The molecule has 1 amide bonds. The van der Waals surface area contributed by atoms with Crippen LogP contribution in [0.5, 0.6) is 5.75 Å². The number of nitrogens with one attached hydrogen (secondary N) is 1. The molecule has 3 aromatic carbocycles. The highest BCUT2D eigenvalue weighted by Crippen LogP contribution is 2.31. The van der Waals surface area contributed by atoms with E-state index in [4.69, 9.17) is 16.3 Å². The number of alkyl halides is 3. The molecule has 0 radical (unpaired) electrons. The van der Waals surface area contributed by atoms with E-state index in [1.807, 2.05) is 18.2 Å². The number of carbonyl (C=O) groups is 1. The quantitative estimate of drug-likeness (QED) is 0.330. The fraction of sp³-hybridized carbons (Fsp3) is 0.120. The SMILES string of the molecule is COc1cc(/C=C(\C#N)C(=O)Nc2cccc(C(F)(F)F)c2)ccc1Cc1ccccc1Cl. The number of ether oxygens (including phenoxy) is 1. The number of nitriles is 1. The first-order valence-corrected chi connectivity index (χ1v) is 10.1. The van der Waals surface area contributed by atoms with Gasteiger partial charge in [-0.25, -0.2) is 0 Å². The van der Waals surface area contributed by atoms with Crippen molar-refractivity contribution in [2.45, 2.75) is 12.6 Å². The molecule has 168 valence electrons. The van der Waals surface area contributed by atoms with Crippen LogP contribution in [0.15, 0.2) is 72.3 Å². The molecule has 0 aliphatic rings. The minimum atomic E-state index is -4.54. The van der Waals surface area contributed by atoms with Crippen LogP contribution in [0, 0.1) is 11.3 Å². The van der Waals surface area contributed by atoms with Gasteiger partial charge in [0, 0.05) is 17.1 Å². The molecule has 0 fully saturated rings. The number of hydrogen-bond acceptors (Lipinski definition) is 3. The second kappa shape index (κ2) is 10.2. The summed E-state index contributed by atoms with van der Waals surface area (Å²) in [5.41, 5.74) is 1.05. The van der Waals surface area contributed by atoms with Crippen LogP contribution in [-0.4, -0.2) is 13.0 Å². The van der Waals surface area contributed by atoms with Crippen LogP contribution in [0.25, 0.3) is 6.08 Å². The highest BCUT2D eigenvalue weighted by molar-refractivity contribution is 6.31. The van der Waals surface area contributed by atoms with Crippen LogP contribution >= 0.6 is 11.6 Å². The Morgan fingerprint density at radius 1 is 1.09 bits per heavy atom. The molecule has 0 aliphatic carbocycles. The van der Waals surface area contributed by atoms with Gasteiger partial charge < -0.3 is 10.1 Å². The first-order valence-electron chi connectivity index (χ1n) is 9.72. The van der Waals surface area contributed by atoms with Crippen molar-refractivity contribution in [1.82, 2.24) is 0 Å². The van der Waals surface area contributed by atoms with Crippen molar-refractivity contribution in [3.63, 3.8) is 0 Å². The van der Waals surface area contributed by atoms with Gasteiger partial charge in [0.2, 0.25) is 0 Å². The van der Waals surface area contributed by atoms with Crippen molar-refractivity contribution in [1.29, 1.82) is 5.26 Å². The molecule has 0 aliphatic heterocycles. The molecule has 0 atom stereocenters. The Bertz CT molecular complexity index is 1250. The number of anilines is 1. The molecular formula is C25H18ClF3N2O2. The number of rotatable bonds is 6. The molecule has 0 saturated carbocycles. The number of methoxy groups -OCH3 is 1. The standard InChI is InChI=1S/C25H18ClF3N2O2/c1-33-23-12-16(9-10-18(23)13-17-5-2-3-8-22(17)26)11-19(15-30)24(32)31-21-7-4-6-20(14-21)25(27,28)29/h2-12,14H,13H2,1H3,(H,31,32)/b19-11+. The second-order valence-corrected chi connectivity index (χ2v) is 7.45. The fourth-order valence-corrected chi connectivity index (χ4v) is 3.33. The Morgan fingerprint density at radius 2 is 1.85 bits per heavy atom. The van der Waals surface area contributed by atoms with Crippen LogP contribution in [0.3, 0.4) is 0 Å². The molecule has 3 rings (SSSR count). The summed E-state index contributed by atoms with van der Waals surface area (Å²) in [6.45, 7) is 0. The van der Waals surface area contributed by atoms with Gasteiger partial charge in [0.1, 0.15) is 17.4 Å². The minimum absolute atomic E-state index is 0.0661. The van der Waals surface area contributed by atoms with Crippen molar-refractivity contribution in [2.75, 3.05) is 12.4 Å². The van der Waals surface area contributed by atoms with E-state index in [-0.39, 0.29) is 11.3 Å². The van der Waals surface area contributed by atoms with Gasteiger partial charge in [0.25, 0.3) is 5.91 Å². The molecule has 0 unspecified atom stereocenters. The van der Waals surface area contributed by atoms with Crippen molar-refractivity contribution < 1.29 is 22.7 Å². The lowest BCUT2D eigenvalue weighted by molar-refractivity contribution is -0.137. The van der Waals surface area contributed by atoms with Gasteiger partial charge >= 0.3 is 6.18 Å². The summed E-state index contributed by atoms with van der Waals surface area (Å²) in [7, 11) is 1.50. The average molecular weight is 471 g/mol. The predicted octanol–water partition coefficient (Wildman–Crippen LogP) is 6.50. The Kier molecular flexibility index (Phi) is 7.41. The highest BCUT2D eigenvalue weighted by Gasteiger charge is 2.30. The van der Waals surface area contributed by atoms with Crippen LogP contribution in [0.4, 0.5) is 18.9 Å². The highest BCUT2D eigenvalue weighted by atomic mass is 35.5. The van der Waals surface area contributed by atoms with Crippen molar-refractivity contribution in [2.24, 2.45) is 0 Å². The Morgan fingerprint density at radius 3 is 2.52 bits per heavy atom. The summed E-state index contributed by atoms with van der Waals surface area (Å²) in [5, 5.41) is 12.4. The lowest BCUT2D eigenvalue weighted by Gasteiger charge is -2.11. The molecule has 3 aromatic rings. The Balaban J connectivity index is 1.82. The second-order valence-electron chi connectivity index (χ2n) is 7.04. The predicted molar refractivity (Wildman–Crippen MR) is 121 cm³/mol.